The van der Waals surface area contributed by atoms with Gasteiger partial charge in [-0.05, 0) is 50.9 Å². The lowest BCUT2D eigenvalue weighted by Gasteiger charge is -2.30. The van der Waals surface area contributed by atoms with Crippen molar-refractivity contribution in [2.24, 2.45) is 17.6 Å². The Labute approximate surface area is 368 Å². The number of carbonyl (C=O) groups is 9. The van der Waals surface area contributed by atoms with Crippen LogP contribution >= 0.6 is 11.8 Å². The van der Waals surface area contributed by atoms with Crippen molar-refractivity contribution < 1.29 is 53.5 Å². The molecular weight excluding hydrogens is 845 g/mol. The standard InChI is InChI=1S/C39H62N12O11S/c40-35(57)25(10-6-7-13-42-30(53)12-5-4-11-29-34-28(20-63-29)49-39(61)50-34)46-33(56)18-43-32(55)17-44-37(59)27(19-52)48-38(60)26(14-23-16-41-21-45-23)47-36(58)24(15-31(54)51-62)22-8-2-1-3-9-22/h16,21-22,24-29,34,52,62H,1-15,17-20H2,(H2,40,57)(H,41,45)(H,42,53)(H,43,55)(H,44,59)(H,46,56)(H,47,58)(H,48,60)(H,51,54)(H2,49,50,61)/t24?,25-,26-,27-,28-,29-,34-/m0/s1. The van der Waals surface area contributed by atoms with Crippen LogP contribution in [0.2, 0.25) is 0 Å². The van der Waals surface area contributed by atoms with Crippen LogP contribution in [0.5, 0.6) is 0 Å². The van der Waals surface area contributed by atoms with Gasteiger partial charge in [-0.1, -0.05) is 25.7 Å². The molecule has 1 aliphatic carbocycles. The topological polar surface area (TPSA) is 357 Å². The van der Waals surface area contributed by atoms with Crippen LogP contribution in [-0.2, 0) is 44.8 Å². The summed E-state index contributed by atoms with van der Waals surface area (Å²) in [5.41, 5.74) is 7.48. The molecule has 3 fully saturated rings. The summed E-state index contributed by atoms with van der Waals surface area (Å²) in [5.74, 6) is -5.68. The summed E-state index contributed by atoms with van der Waals surface area (Å²) in [6.45, 7) is -1.71. The minimum absolute atomic E-state index is 0.0885. The first-order valence-corrected chi connectivity index (χ1v) is 22.5. The molecule has 2 aliphatic heterocycles. The van der Waals surface area contributed by atoms with E-state index in [0.717, 1.165) is 44.3 Å². The molecule has 0 spiro atoms. The van der Waals surface area contributed by atoms with Gasteiger partial charge in [-0.3, -0.25) is 43.6 Å². The van der Waals surface area contributed by atoms with Gasteiger partial charge in [0.25, 0.3) is 0 Å². The number of H-pyrrole nitrogens is 1. The first-order valence-electron chi connectivity index (χ1n) is 21.5. The van der Waals surface area contributed by atoms with Crippen molar-refractivity contribution in [1.82, 2.24) is 58.0 Å². The second-order valence-electron chi connectivity index (χ2n) is 16.1. The fourth-order valence-electron chi connectivity index (χ4n) is 7.95. The number of aliphatic hydroxyl groups is 1. The number of rotatable bonds is 27. The van der Waals surface area contributed by atoms with E-state index in [9.17, 15) is 48.3 Å². The second-order valence-corrected chi connectivity index (χ2v) is 17.3. The van der Waals surface area contributed by atoms with Crippen LogP contribution in [0.1, 0.15) is 89.2 Å². The molecule has 24 heteroatoms. The molecule has 7 atom stereocenters. The monoisotopic (exact) mass is 906 g/mol. The molecule has 63 heavy (non-hydrogen) atoms. The predicted octanol–water partition coefficient (Wildman–Crippen LogP) is -2.78. The van der Waals surface area contributed by atoms with E-state index in [0.29, 0.717) is 49.6 Å². The lowest BCUT2D eigenvalue weighted by Crippen LogP contribution is -2.57. The highest BCUT2D eigenvalue weighted by atomic mass is 32.2. The first-order chi connectivity index (χ1) is 30.3. The molecule has 1 aromatic heterocycles. The molecule has 0 aromatic carbocycles. The molecule has 23 nitrogen and oxygen atoms in total. The maximum atomic E-state index is 13.6. The van der Waals surface area contributed by atoms with Crippen LogP contribution in [0.3, 0.4) is 0 Å². The number of hydrogen-bond acceptors (Lipinski definition) is 13. The fraction of sp³-hybridized carbons (Fsp3) is 0.692. The minimum Gasteiger partial charge on any atom is -0.394 e. The number of primary amides is 1. The quantitative estimate of drug-likeness (QED) is 0.0184. The van der Waals surface area contributed by atoms with Crippen molar-refractivity contribution in [3.63, 3.8) is 0 Å². The van der Waals surface area contributed by atoms with Crippen molar-refractivity contribution >= 4 is 65.1 Å². The van der Waals surface area contributed by atoms with Crippen LogP contribution in [0.15, 0.2) is 12.5 Å². The van der Waals surface area contributed by atoms with Gasteiger partial charge in [0.1, 0.15) is 18.1 Å². The summed E-state index contributed by atoms with van der Waals surface area (Å²) in [5, 5.41) is 40.2. The number of aliphatic hydroxyl groups excluding tert-OH is 1. The molecule has 3 heterocycles. The Morgan fingerprint density at radius 1 is 0.810 bits per heavy atom. The van der Waals surface area contributed by atoms with Crippen LogP contribution in [0, 0.1) is 11.8 Å². The van der Waals surface area contributed by atoms with Crippen LogP contribution in [-0.4, -0.2) is 141 Å². The average Bonchev–Trinajstić information content (AvgIpc) is 4.02. The number of nitrogens with two attached hydrogens (primary N) is 1. The summed E-state index contributed by atoms with van der Waals surface area (Å²) in [6.07, 6.45) is 10.5. The highest BCUT2D eigenvalue weighted by Gasteiger charge is 2.42. The number of thioether (sulfide) groups is 1. The molecule has 1 saturated carbocycles. The molecule has 3 aliphatic rings. The number of aromatic amines is 1. The number of nitrogens with one attached hydrogen (secondary N) is 10. The third kappa shape index (κ3) is 17.0. The fourth-order valence-corrected chi connectivity index (χ4v) is 9.50. The van der Waals surface area contributed by atoms with E-state index in [-0.39, 0.29) is 49.2 Å². The molecule has 350 valence electrons. The summed E-state index contributed by atoms with van der Waals surface area (Å²) in [4.78, 5) is 120. The lowest BCUT2D eigenvalue weighted by atomic mass is 9.78. The number of nitrogens with zero attached hydrogens (tertiary/aromatic N) is 1. The summed E-state index contributed by atoms with van der Waals surface area (Å²) in [6, 6.07) is -3.70. The number of hydroxylamine groups is 1. The Kier molecular flexibility index (Phi) is 20.9. The van der Waals surface area contributed by atoms with Crippen LogP contribution in [0.4, 0.5) is 4.79 Å². The van der Waals surface area contributed by atoms with Gasteiger partial charge in [0.05, 0.1) is 38.1 Å². The van der Waals surface area contributed by atoms with Crippen molar-refractivity contribution in [3.8, 4) is 0 Å². The number of urea groups is 1. The van der Waals surface area contributed by atoms with Crippen molar-refractivity contribution in [3.05, 3.63) is 18.2 Å². The van der Waals surface area contributed by atoms with Gasteiger partial charge in [0.15, 0.2) is 0 Å². The van der Waals surface area contributed by atoms with Crippen molar-refractivity contribution in [1.29, 1.82) is 0 Å². The number of hydrogen-bond donors (Lipinski definition) is 13. The summed E-state index contributed by atoms with van der Waals surface area (Å²) < 4.78 is 0. The van der Waals surface area contributed by atoms with Gasteiger partial charge in [-0.25, -0.2) is 15.3 Å². The van der Waals surface area contributed by atoms with E-state index < -0.39 is 85.1 Å². The molecule has 1 unspecified atom stereocenters. The van der Waals surface area contributed by atoms with Gasteiger partial charge in [-0.15, -0.1) is 0 Å². The zero-order valence-corrected chi connectivity index (χ0v) is 36.0. The Bertz CT molecular complexity index is 1730. The predicted molar refractivity (Wildman–Crippen MR) is 226 cm³/mol. The zero-order valence-electron chi connectivity index (χ0n) is 35.2. The average molecular weight is 907 g/mol. The normalized spacial score (nSPS) is 20.0. The van der Waals surface area contributed by atoms with Gasteiger partial charge < -0.3 is 58.4 Å². The van der Waals surface area contributed by atoms with Gasteiger partial charge >= 0.3 is 6.03 Å². The Morgan fingerprint density at radius 2 is 1.56 bits per heavy atom. The molecule has 2 saturated heterocycles. The lowest BCUT2D eigenvalue weighted by molar-refractivity contribution is -0.138. The highest BCUT2D eigenvalue weighted by molar-refractivity contribution is 8.00. The largest absolute Gasteiger partial charge is 0.394 e. The highest BCUT2D eigenvalue weighted by Crippen LogP contribution is 2.34. The van der Waals surface area contributed by atoms with Gasteiger partial charge in [-0.2, -0.15) is 11.8 Å². The maximum Gasteiger partial charge on any atom is 0.315 e. The Morgan fingerprint density at radius 3 is 2.25 bits per heavy atom. The van der Waals surface area contributed by atoms with Crippen molar-refractivity contribution in [2.45, 2.75) is 125 Å². The number of fused-ring (bicyclic) bond motifs is 1. The van der Waals surface area contributed by atoms with E-state index in [1.165, 1.54) is 12.5 Å². The molecule has 10 amide bonds. The van der Waals surface area contributed by atoms with Gasteiger partial charge in [0.2, 0.25) is 47.3 Å². The number of unbranched alkanes of at least 4 members (excludes halogenated alkanes) is 2. The third-order valence-corrected chi connectivity index (χ3v) is 12.9. The van der Waals surface area contributed by atoms with Gasteiger partial charge in [0, 0.05) is 54.6 Å². The van der Waals surface area contributed by atoms with Crippen LogP contribution in [0.25, 0.3) is 0 Å². The number of amides is 10. The first kappa shape index (κ1) is 50.2. The Balaban J connectivity index is 1.13. The number of aromatic nitrogens is 2. The van der Waals surface area contributed by atoms with E-state index >= 15 is 0 Å². The van der Waals surface area contributed by atoms with E-state index in [1.54, 1.807) is 5.48 Å². The second kappa shape index (κ2) is 26.2. The molecule has 14 N–H and O–H groups in total. The van der Waals surface area contributed by atoms with Crippen molar-refractivity contribution in [2.75, 3.05) is 32.0 Å². The number of imidazole rings is 1. The van der Waals surface area contributed by atoms with Crippen LogP contribution < -0.4 is 53.7 Å². The summed E-state index contributed by atoms with van der Waals surface area (Å²) >= 11 is 1.83. The zero-order chi connectivity index (χ0) is 45.7. The molecular formula is C39H62N12O11S. The number of carbonyl (C=O) groups excluding carboxylic acids is 9. The Hall–Kier alpha value is -5.49. The third-order valence-electron chi connectivity index (χ3n) is 11.4. The van der Waals surface area contributed by atoms with E-state index in [2.05, 4.69) is 52.5 Å². The van der Waals surface area contributed by atoms with E-state index in [1.807, 2.05) is 11.8 Å². The molecule has 0 bridgehead atoms. The molecule has 4 rings (SSSR count). The maximum absolute atomic E-state index is 13.6. The smallest absolute Gasteiger partial charge is 0.315 e. The molecule has 0 radical (unpaired) electrons. The van der Waals surface area contributed by atoms with E-state index in [4.69, 9.17) is 10.9 Å². The summed E-state index contributed by atoms with van der Waals surface area (Å²) in [7, 11) is 0. The molecule has 1 aromatic rings. The minimum atomic E-state index is -1.55. The SMILES string of the molecule is NC(=O)[C@H](CCCCNC(=O)CCCC[C@@H]1SC[C@@H]2NC(=O)N[C@@H]21)NC(=O)CNC(=O)CNC(=O)[C@H](CO)NC(=O)[C@H](Cc1cnc[nH]1)NC(=O)C(CC(=O)NO)C1CCCCC1.